The van der Waals surface area contributed by atoms with Crippen molar-refractivity contribution in [2.24, 2.45) is 0 Å². The molecule has 0 aromatic carbocycles. The number of hydrogen-bond donors (Lipinski definition) is 1. The Morgan fingerprint density at radius 2 is 2.12 bits per heavy atom. The van der Waals surface area contributed by atoms with E-state index in [1.165, 1.54) is 0 Å². The molecule has 0 aliphatic carbocycles. The van der Waals surface area contributed by atoms with Crippen molar-refractivity contribution in [3.8, 4) is 11.9 Å². The summed E-state index contributed by atoms with van der Waals surface area (Å²) in [6, 6.07) is 2.18. The first-order valence-electron chi connectivity index (χ1n) is 5.97. The quantitative estimate of drug-likeness (QED) is 0.732. The second kappa shape index (κ2) is 7.06. The fourth-order valence-electron chi connectivity index (χ4n) is 1.27. The van der Waals surface area contributed by atoms with Gasteiger partial charge in [0.1, 0.15) is 6.61 Å². The summed E-state index contributed by atoms with van der Waals surface area (Å²) >= 11 is 0. The zero-order valence-corrected chi connectivity index (χ0v) is 11.0. The topological polar surface area (TPSA) is 56.3 Å². The highest BCUT2D eigenvalue weighted by Crippen LogP contribution is 2.14. The van der Waals surface area contributed by atoms with E-state index < -0.39 is 0 Å². The molecular formula is C12H21N3O2. The maximum absolute atomic E-state index is 5.52. The highest BCUT2D eigenvalue weighted by molar-refractivity contribution is 5.17. The Kier molecular flexibility index (Phi) is 5.69. The molecule has 0 saturated carbocycles. The lowest BCUT2D eigenvalue weighted by Crippen LogP contribution is -2.21. The fraction of sp³-hybridized carbons (Fsp3) is 0.667. The third kappa shape index (κ3) is 5.49. The molecule has 0 spiro atoms. The molecule has 0 aliphatic rings. The van der Waals surface area contributed by atoms with Gasteiger partial charge in [0, 0.05) is 18.3 Å². The van der Waals surface area contributed by atoms with Crippen molar-refractivity contribution >= 4 is 0 Å². The molecule has 1 heterocycles. The van der Waals surface area contributed by atoms with Gasteiger partial charge in [-0.15, -0.1) is 0 Å². The zero-order valence-electron chi connectivity index (χ0n) is 11.0. The Hall–Kier alpha value is -1.36. The molecule has 1 N–H and O–H groups in total. The molecule has 0 atom stereocenters. The van der Waals surface area contributed by atoms with Crippen LogP contribution in [-0.2, 0) is 0 Å². The van der Waals surface area contributed by atoms with Gasteiger partial charge in [-0.1, -0.05) is 6.92 Å². The van der Waals surface area contributed by atoms with Crippen LogP contribution in [0.4, 0.5) is 0 Å². The van der Waals surface area contributed by atoms with Crippen LogP contribution < -0.4 is 14.8 Å². The summed E-state index contributed by atoms with van der Waals surface area (Å²) in [6.45, 7) is 10.1. The molecule has 0 fully saturated rings. The molecule has 1 rings (SSSR count). The van der Waals surface area contributed by atoms with Crippen molar-refractivity contribution in [1.29, 1.82) is 0 Å². The van der Waals surface area contributed by atoms with Crippen LogP contribution in [0.2, 0.25) is 0 Å². The van der Waals surface area contributed by atoms with Crippen LogP contribution in [0.15, 0.2) is 6.07 Å². The second-order valence-corrected chi connectivity index (χ2v) is 4.00. The molecule has 1 aromatic heterocycles. The van der Waals surface area contributed by atoms with Crippen LogP contribution >= 0.6 is 0 Å². The van der Waals surface area contributed by atoms with E-state index in [-0.39, 0.29) is 6.10 Å². The minimum Gasteiger partial charge on any atom is -0.475 e. The first-order valence-corrected chi connectivity index (χ1v) is 5.97. The van der Waals surface area contributed by atoms with Gasteiger partial charge in [-0.05, 0) is 27.3 Å². The molecule has 0 saturated heterocycles. The van der Waals surface area contributed by atoms with Crippen molar-refractivity contribution in [2.75, 3.05) is 19.7 Å². The predicted molar refractivity (Wildman–Crippen MR) is 66.6 cm³/mol. The lowest BCUT2D eigenvalue weighted by molar-refractivity contribution is 0.223. The van der Waals surface area contributed by atoms with E-state index in [1.54, 1.807) is 6.07 Å². The molecule has 0 aliphatic heterocycles. The Bertz CT molecular complexity index is 343. The van der Waals surface area contributed by atoms with Crippen LogP contribution in [0.25, 0.3) is 0 Å². The molecule has 17 heavy (non-hydrogen) atoms. The first-order chi connectivity index (χ1) is 8.11. The normalized spacial score (nSPS) is 10.6. The molecule has 0 bridgehead atoms. The van der Waals surface area contributed by atoms with Gasteiger partial charge in [-0.25, -0.2) is 4.98 Å². The number of hydrogen-bond acceptors (Lipinski definition) is 5. The van der Waals surface area contributed by atoms with Crippen molar-refractivity contribution in [3.63, 3.8) is 0 Å². The van der Waals surface area contributed by atoms with Crippen molar-refractivity contribution < 1.29 is 9.47 Å². The Labute approximate surface area is 103 Å². The maximum Gasteiger partial charge on any atom is 0.319 e. The molecule has 5 heteroatoms. The standard InChI is InChI=1S/C12H21N3O2/c1-5-13-6-7-16-12-14-10(4)8-11(15-12)17-9(2)3/h8-9,13H,5-7H2,1-4H3. The molecule has 0 amide bonds. The number of ether oxygens (including phenoxy) is 2. The van der Waals surface area contributed by atoms with Crippen LogP contribution in [-0.4, -0.2) is 35.8 Å². The molecular weight excluding hydrogens is 218 g/mol. The molecule has 0 unspecified atom stereocenters. The summed E-state index contributed by atoms with van der Waals surface area (Å²) in [7, 11) is 0. The minimum absolute atomic E-state index is 0.0962. The summed E-state index contributed by atoms with van der Waals surface area (Å²) < 4.78 is 11.0. The summed E-state index contributed by atoms with van der Waals surface area (Å²) in [6.07, 6.45) is 0.0962. The van der Waals surface area contributed by atoms with E-state index in [1.807, 2.05) is 20.8 Å². The molecule has 96 valence electrons. The summed E-state index contributed by atoms with van der Waals surface area (Å²) in [5, 5.41) is 3.17. The number of aromatic nitrogens is 2. The van der Waals surface area contributed by atoms with Crippen LogP contribution in [0, 0.1) is 6.92 Å². The minimum atomic E-state index is 0.0962. The monoisotopic (exact) mass is 239 g/mol. The Morgan fingerprint density at radius 3 is 2.76 bits per heavy atom. The smallest absolute Gasteiger partial charge is 0.319 e. The van der Waals surface area contributed by atoms with Gasteiger partial charge < -0.3 is 14.8 Å². The third-order valence-corrected chi connectivity index (χ3v) is 1.93. The van der Waals surface area contributed by atoms with Gasteiger partial charge in [0.05, 0.1) is 6.10 Å². The Balaban J connectivity index is 2.56. The van der Waals surface area contributed by atoms with Gasteiger partial charge in [0.2, 0.25) is 5.88 Å². The summed E-state index contributed by atoms with van der Waals surface area (Å²) in [5.41, 5.74) is 0.842. The van der Waals surface area contributed by atoms with Gasteiger partial charge in [-0.2, -0.15) is 4.98 Å². The van der Waals surface area contributed by atoms with Gasteiger partial charge in [-0.3, -0.25) is 0 Å². The van der Waals surface area contributed by atoms with Gasteiger partial charge >= 0.3 is 6.01 Å². The first kappa shape index (κ1) is 13.7. The third-order valence-electron chi connectivity index (χ3n) is 1.93. The number of rotatable bonds is 7. The van der Waals surface area contributed by atoms with E-state index >= 15 is 0 Å². The largest absolute Gasteiger partial charge is 0.475 e. The fourth-order valence-corrected chi connectivity index (χ4v) is 1.27. The van der Waals surface area contributed by atoms with Crippen molar-refractivity contribution in [1.82, 2.24) is 15.3 Å². The van der Waals surface area contributed by atoms with E-state index in [9.17, 15) is 0 Å². The Morgan fingerprint density at radius 1 is 1.35 bits per heavy atom. The van der Waals surface area contributed by atoms with Gasteiger partial charge in [0.25, 0.3) is 0 Å². The van der Waals surface area contributed by atoms with Crippen molar-refractivity contribution in [2.45, 2.75) is 33.8 Å². The highest BCUT2D eigenvalue weighted by Gasteiger charge is 2.05. The van der Waals surface area contributed by atoms with Crippen LogP contribution in [0.3, 0.4) is 0 Å². The SMILES string of the molecule is CCNCCOc1nc(C)cc(OC(C)C)n1. The average molecular weight is 239 g/mol. The zero-order chi connectivity index (χ0) is 12.7. The van der Waals surface area contributed by atoms with Crippen LogP contribution in [0.1, 0.15) is 26.5 Å². The van der Waals surface area contributed by atoms with Crippen molar-refractivity contribution in [3.05, 3.63) is 11.8 Å². The van der Waals surface area contributed by atoms with E-state index in [0.29, 0.717) is 18.5 Å². The average Bonchev–Trinajstić information content (AvgIpc) is 2.22. The number of nitrogens with zero attached hydrogens (tertiary/aromatic N) is 2. The summed E-state index contributed by atoms with van der Waals surface area (Å²) in [4.78, 5) is 8.39. The van der Waals surface area contributed by atoms with Gasteiger partial charge in [0.15, 0.2) is 0 Å². The molecule has 0 radical (unpaired) electrons. The predicted octanol–water partition coefficient (Wildman–Crippen LogP) is 1.56. The maximum atomic E-state index is 5.52. The molecule has 1 aromatic rings. The molecule has 5 nitrogen and oxygen atoms in total. The number of nitrogens with one attached hydrogen (secondary N) is 1. The summed E-state index contributed by atoms with van der Waals surface area (Å²) in [5.74, 6) is 0.561. The van der Waals surface area contributed by atoms with E-state index in [2.05, 4.69) is 22.2 Å². The van der Waals surface area contributed by atoms with E-state index in [4.69, 9.17) is 9.47 Å². The number of likely N-dealkylation sites (N-methyl/N-ethyl adjacent to an activating group) is 1. The number of aryl methyl sites for hydroxylation is 1. The lowest BCUT2D eigenvalue weighted by Gasteiger charge is -2.11. The van der Waals surface area contributed by atoms with Crippen LogP contribution in [0.5, 0.6) is 11.9 Å². The van der Waals surface area contributed by atoms with E-state index in [0.717, 1.165) is 18.8 Å². The lowest BCUT2D eigenvalue weighted by atomic mass is 10.4. The highest BCUT2D eigenvalue weighted by atomic mass is 16.5. The second-order valence-electron chi connectivity index (χ2n) is 4.00.